The van der Waals surface area contributed by atoms with E-state index in [1.54, 1.807) is 29.2 Å². The first kappa shape index (κ1) is 13.0. The predicted molar refractivity (Wildman–Crippen MR) is 73.4 cm³/mol. The lowest BCUT2D eigenvalue weighted by molar-refractivity contribution is 0.0782. The molecule has 1 heterocycles. The second-order valence-electron chi connectivity index (χ2n) is 4.53. The summed E-state index contributed by atoms with van der Waals surface area (Å²) in [5, 5.41) is 9.08. The Labute approximate surface area is 111 Å². The molecule has 96 valence electrons. The second kappa shape index (κ2) is 5.46. The molecule has 5 heteroatoms. The summed E-state index contributed by atoms with van der Waals surface area (Å²) in [5.41, 5.74) is 6.85. The van der Waals surface area contributed by atoms with E-state index in [0.29, 0.717) is 29.2 Å². The van der Waals surface area contributed by atoms with Crippen LogP contribution in [-0.2, 0) is 0 Å². The molecular formula is C13H16N2O2S. The van der Waals surface area contributed by atoms with Gasteiger partial charge in [-0.3, -0.25) is 4.79 Å². The third kappa shape index (κ3) is 2.68. The second-order valence-corrected chi connectivity index (χ2v) is 4.97. The first-order chi connectivity index (χ1) is 8.61. The normalized spacial score (nSPS) is 18.9. The van der Waals surface area contributed by atoms with Gasteiger partial charge in [0.1, 0.15) is 4.99 Å². The molecule has 1 aromatic carbocycles. The van der Waals surface area contributed by atoms with Gasteiger partial charge in [0.15, 0.2) is 0 Å². The van der Waals surface area contributed by atoms with Crippen molar-refractivity contribution in [2.75, 3.05) is 19.7 Å². The van der Waals surface area contributed by atoms with Crippen molar-refractivity contribution in [3.05, 3.63) is 35.4 Å². The van der Waals surface area contributed by atoms with Gasteiger partial charge in [0.25, 0.3) is 5.91 Å². The zero-order valence-electron chi connectivity index (χ0n) is 10.0. The monoisotopic (exact) mass is 264 g/mol. The quantitative estimate of drug-likeness (QED) is 0.792. The van der Waals surface area contributed by atoms with E-state index in [0.717, 1.165) is 6.42 Å². The molecule has 1 atom stereocenters. The van der Waals surface area contributed by atoms with Crippen LogP contribution in [0.4, 0.5) is 0 Å². The van der Waals surface area contributed by atoms with Crippen LogP contribution < -0.4 is 5.73 Å². The fourth-order valence-electron chi connectivity index (χ4n) is 2.15. The van der Waals surface area contributed by atoms with Crippen LogP contribution in [0.2, 0.25) is 0 Å². The van der Waals surface area contributed by atoms with Crippen molar-refractivity contribution in [2.24, 2.45) is 11.7 Å². The van der Waals surface area contributed by atoms with Crippen LogP contribution in [0.3, 0.4) is 0 Å². The molecule has 0 radical (unpaired) electrons. The van der Waals surface area contributed by atoms with Gasteiger partial charge < -0.3 is 15.7 Å². The Morgan fingerprint density at radius 1 is 1.50 bits per heavy atom. The lowest BCUT2D eigenvalue weighted by atomic mass is 10.1. The number of thiocarbonyl (C=S) groups is 1. The van der Waals surface area contributed by atoms with Crippen molar-refractivity contribution in [2.45, 2.75) is 6.42 Å². The molecule has 2 rings (SSSR count). The highest BCUT2D eigenvalue weighted by Crippen LogP contribution is 2.18. The largest absolute Gasteiger partial charge is 0.396 e. The van der Waals surface area contributed by atoms with Crippen molar-refractivity contribution < 1.29 is 9.90 Å². The highest BCUT2D eigenvalue weighted by molar-refractivity contribution is 7.80. The summed E-state index contributed by atoms with van der Waals surface area (Å²) < 4.78 is 0. The average Bonchev–Trinajstić information content (AvgIpc) is 2.86. The number of carbonyl (C=O) groups excluding carboxylic acids is 1. The lowest BCUT2D eigenvalue weighted by Crippen LogP contribution is -2.29. The number of aliphatic hydroxyl groups excluding tert-OH is 1. The number of hydrogen-bond donors (Lipinski definition) is 2. The zero-order valence-corrected chi connectivity index (χ0v) is 10.8. The van der Waals surface area contributed by atoms with E-state index >= 15 is 0 Å². The first-order valence-corrected chi connectivity index (χ1v) is 6.32. The molecule has 1 unspecified atom stereocenters. The SMILES string of the molecule is NC(=S)c1cccc(C(=O)N2CCC(CO)C2)c1. The standard InChI is InChI=1S/C13H16N2O2S/c14-12(18)10-2-1-3-11(6-10)13(17)15-5-4-9(7-15)8-16/h1-3,6,9,16H,4-5,7-8H2,(H2,14,18). The number of carbonyl (C=O) groups is 1. The van der Waals surface area contributed by atoms with Crippen molar-refractivity contribution in [3.63, 3.8) is 0 Å². The first-order valence-electron chi connectivity index (χ1n) is 5.92. The van der Waals surface area contributed by atoms with Crippen LogP contribution in [0.15, 0.2) is 24.3 Å². The molecule has 3 N–H and O–H groups in total. The Morgan fingerprint density at radius 3 is 2.83 bits per heavy atom. The van der Waals surface area contributed by atoms with E-state index < -0.39 is 0 Å². The van der Waals surface area contributed by atoms with Gasteiger partial charge in [-0.05, 0) is 18.6 Å². The molecule has 1 fully saturated rings. The Morgan fingerprint density at radius 2 is 2.22 bits per heavy atom. The summed E-state index contributed by atoms with van der Waals surface area (Å²) in [7, 11) is 0. The van der Waals surface area contributed by atoms with E-state index in [1.807, 2.05) is 0 Å². The molecule has 0 aromatic heterocycles. The summed E-state index contributed by atoms with van der Waals surface area (Å²) in [4.78, 5) is 14.3. The van der Waals surface area contributed by atoms with Crippen molar-refractivity contribution in [1.29, 1.82) is 0 Å². The minimum Gasteiger partial charge on any atom is -0.396 e. The Bertz CT molecular complexity index is 476. The molecule has 0 bridgehead atoms. The zero-order chi connectivity index (χ0) is 13.1. The Balaban J connectivity index is 2.14. The van der Waals surface area contributed by atoms with Crippen LogP contribution in [0.5, 0.6) is 0 Å². The molecule has 1 aliphatic heterocycles. The Kier molecular flexibility index (Phi) is 3.93. The van der Waals surface area contributed by atoms with E-state index in [-0.39, 0.29) is 18.4 Å². The van der Waals surface area contributed by atoms with Crippen molar-refractivity contribution in [1.82, 2.24) is 4.90 Å². The molecule has 0 spiro atoms. The van der Waals surface area contributed by atoms with Gasteiger partial charge >= 0.3 is 0 Å². The molecule has 1 amide bonds. The fourth-order valence-corrected chi connectivity index (χ4v) is 2.28. The molecule has 1 aromatic rings. The van der Waals surface area contributed by atoms with Gasteiger partial charge in [0, 0.05) is 36.7 Å². The predicted octanol–water partition coefficient (Wildman–Crippen LogP) is 0.775. The van der Waals surface area contributed by atoms with Crippen LogP contribution in [0, 0.1) is 5.92 Å². The maximum Gasteiger partial charge on any atom is 0.253 e. The fraction of sp³-hybridized carbons (Fsp3) is 0.385. The number of nitrogens with two attached hydrogens (primary N) is 1. The van der Waals surface area contributed by atoms with Gasteiger partial charge in [-0.25, -0.2) is 0 Å². The number of likely N-dealkylation sites (tertiary alicyclic amines) is 1. The van der Waals surface area contributed by atoms with E-state index in [2.05, 4.69) is 0 Å². The summed E-state index contributed by atoms with van der Waals surface area (Å²) >= 11 is 4.90. The number of benzene rings is 1. The average molecular weight is 264 g/mol. The summed E-state index contributed by atoms with van der Waals surface area (Å²) in [6.07, 6.45) is 0.858. The lowest BCUT2D eigenvalue weighted by Gasteiger charge is -2.16. The molecule has 0 aliphatic carbocycles. The maximum atomic E-state index is 12.2. The highest BCUT2D eigenvalue weighted by atomic mass is 32.1. The smallest absolute Gasteiger partial charge is 0.253 e. The molecular weight excluding hydrogens is 248 g/mol. The van der Waals surface area contributed by atoms with E-state index in [9.17, 15) is 4.79 Å². The summed E-state index contributed by atoms with van der Waals surface area (Å²) in [5.74, 6) is 0.178. The Hall–Kier alpha value is -1.46. The maximum absolute atomic E-state index is 12.2. The van der Waals surface area contributed by atoms with Crippen LogP contribution >= 0.6 is 12.2 Å². The molecule has 1 saturated heterocycles. The number of rotatable bonds is 3. The third-order valence-corrected chi connectivity index (χ3v) is 3.46. The molecule has 1 aliphatic rings. The van der Waals surface area contributed by atoms with E-state index in [4.69, 9.17) is 23.1 Å². The van der Waals surface area contributed by atoms with Crippen molar-refractivity contribution in [3.8, 4) is 0 Å². The number of hydrogen-bond acceptors (Lipinski definition) is 3. The minimum atomic E-state index is -0.0240. The third-order valence-electron chi connectivity index (χ3n) is 3.23. The van der Waals surface area contributed by atoms with Gasteiger partial charge in [-0.2, -0.15) is 0 Å². The van der Waals surface area contributed by atoms with Crippen LogP contribution in [-0.4, -0.2) is 40.6 Å². The number of amides is 1. The molecule has 18 heavy (non-hydrogen) atoms. The summed E-state index contributed by atoms with van der Waals surface area (Å²) in [6, 6.07) is 7.05. The van der Waals surface area contributed by atoms with Gasteiger partial charge in [-0.1, -0.05) is 24.4 Å². The van der Waals surface area contributed by atoms with E-state index in [1.165, 1.54) is 0 Å². The van der Waals surface area contributed by atoms with Gasteiger partial charge in [0.2, 0.25) is 0 Å². The van der Waals surface area contributed by atoms with Gasteiger partial charge in [0.05, 0.1) is 0 Å². The highest BCUT2D eigenvalue weighted by Gasteiger charge is 2.26. The van der Waals surface area contributed by atoms with Gasteiger partial charge in [-0.15, -0.1) is 0 Å². The summed E-state index contributed by atoms with van der Waals surface area (Å²) in [6.45, 7) is 1.45. The van der Waals surface area contributed by atoms with Crippen LogP contribution in [0.25, 0.3) is 0 Å². The van der Waals surface area contributed by atoms with Crippen molar-refractivity contribution >= 4 is 23.1 Å². The minimum absolute atomic E-state index is 0.0240. The number of aliphatic hydroxyl groups is 1. The topological polar surface area (TPSA) is 66.6 Å². The van der Waals surface area contributed by atoms with Crippen LogP contribution in [0.1, 0.15) is 22.3 Å². The number of nitrogens with zero attached hydrogens (tertiary/aromatic N) is 1. The molecule has 4 nitrogen and oxygen atoms in total. The molecule has 0 saturated carbocycles.